The summed E-state index contributed by atoms with van der Waals surface area (Å²) in [4.78, 5) is 0. The molecule has 0 spiro atoms. The molecule has 0 N–H and O–H groups in total. The molecule has 3 heteroatoms. The van der Waals surface area contributed by atoms with Crippen LogP contribution in [-0.4, -0.2) is 4.57 Å². The van der Waals surface area contributed by atoms with Gasteiger partial charge in [0, 0.05) is 31.7 Å². The zero-order valence-electron chi connectivity index (χ0n) is 24.2. The number of para-hydroxylation sites is 2. The Labute approximate surface area is 268 Å². The van der Waals surface area contributed by atoms with Gasteiger partial charge in [-0.25, -0.2) is 0 Å². The molecule has 45 heavy (non-hydrogen) atoms. The second-order valence-corrected chi connectivity index (χ2v) is 12.4. The van der Waals surface area contributed by atoms with Gasteiger partial charge >= 0.3 is 0 Å². The van der Waals surface area contributed by atoms with E-state index in [1.165, 1.54) is 60.9 Å². The smallest absolute Gasteiger partial charge is 0.135 e. The monoisotopic (exact) mass is 639 g/mol. The van der Waals surface area contributed by atoms with Crippen LogP contribution in [0.2, 0.25) is 0 Å². The van der Waals surface area contributed by atoms with Crippen molar-refractivity contribution in [3.05, 3.63) is 162 Å². The highest BCUT2D eigenvalue weighted by Crippen LogP contribution is 2.37. The summed E-state index contributed by atoms with van der Waals surface area (Å²) in [5.74, 6) is 0. The van der Waals surface area contributed by atoms with Crippen molar-refractivity contribution in [1.29, 1.82) is 0 Å². The highest BCUT2D eigenvalue weighted by atomic mass is 79.9. The molecule has 9 aromatic rings. The van der Waals surface area contributed by atoms with Crippen LogP contribution in [0.1, 0.15) is 0 Å². The van der Waals surface area contributed by atoms with E-state index in [1.807, 2.05) is 0 Å². The number of nitrogens with zero attached hydrogens (tertiary/aromatic N) is 1. The predicted molar refractivity (Wildman–Crippen MR) is 192 cm³/mol. The van der Waals surface area contributed by atoms with Crippen LogP contribution in [0.25, 0.3) is 82.8 Å². The maximum absolute atomic E-state index is 6.22. The van der Waals surface area contributed by atoms with Gasteiger partial charge in [0.2, 0.25) is 0 Å². The molecule has 7 aromatic carbocycles. The molecule has 0 bridgehead atoms. The Kier molecular flexibility index (Phi) is 6.00. The van der Waals surface area contributed by atoms with Crippen LogP contribution >= 0.6 is 15.9 Å². The van der Waals surface area contributed by atoms with Crippen molar-refractivity contribution >= 4 is 59.7 Å². The van der Waals surface area contributed by atoms with Crippen molar-refractivity contribution in [2.24, 2.45) is 0 Å². The Morgan fingerprint density at radius 1 is 0.378 bits per heavy atom. The number of benzene rings is 7. The second-order valence-electron chi connectivity index (χ2n) is 11.5. The maximum atomic E-state index is 6.22. The molecular formula is C42H26BrNO. The zero-order valence-corrected chi connectivity index (χ0v) is 25.8. The Hall–Kier alpha value is -5.38. The number of halogens is 1. The third-order valence-electron chi connectivity index (χ3n) is 8.89. The first-order chi connectivity index (χ1) is 22.2. The van der Waals surface area contributed by atoms with Gasteiger partial charge in [-0.1, -0.05) is 107 Å². The van der Waals surface area contributed by atoms with Crippen LogP contribution < -0.4 is 0 Å². The van der Waals surface area contributed by atoms with E-state index in [1.54, 1.807) is 0 Å². The minimum Gasteiger partial charge on any atom is -0.456 e. The van der Waals surface area contributed by atoms with Gasteiger partial charge in [0.15, 0.2) is 0 Å². The number of fused-ring (bicyclic) bond motifs is 6. The largest absolute Gasteiger partial charge is 0.456 e. The lowest BCUT2D eigenvalue weighted by molar-refractivity contribution is 0.669. The van der Waals surface area contributed by atoms with Crippen molar-refractivity contribution in [1.82, 2.24) is 4.57 Å². The Morgan fingerprint density at radius 3 is 1.47 bits per heavy atom. The number of rotatable bonds is 4. The lowest BCUT2D eigenvalue weighted by Crippen LogP contribution is -1.92. The van der Waals surface area contributed by atoms with Gasteiger partial charge in [-0.05, 0) is 100 Å². The Morgan fingerprint density at radius 2 is 0.844 bits per heavy atom. The fourth-order valence-corrected chi connectivity index (χ4v) is 6.91. The minimum atomic E-state index is 0.904. The molecule has 2 aromatic heterocycles. The maximum Gasteiger partial charge on any atom is 0.135 e. The molecule has 0 aliphatic carbocycles. The molecule has 0 unspecified atom stereocenters. The molecule has 0 atom stereocenters. The molecule has 2 heterocycles. The van der Waals surface area contributed by atoms with E-state index in [0.717, 1.165) is 26.4 Å². The van der Waals surface area contributed by atoms with Crippen LogP contribution in [0.3, 0.4) is 0 Å². The number of aromatic nitrogens is 1. The summed E-state index contributed by atoms with van der Waals surface area (Å²) in [6.07, 6.45) is 0. The van der Waals surface area contributed by atoms with E-state index in [4.69, 9.17) is 4.42 Å². The molecule has 0 fully saturated rings. The summed E-state index contributed by atoms with van der Waals surface area (Å²) >= 11 is 3.54. The summed E-state index contributed by atoms with van der Waals surface area (Å²) in [5.41, 5.74) is 12.5. The summed E-state index contributed by atoms with van der Waals surface area (Å²) in [5, 5.41) is 4.78. The van der Waals surface area contributed by atoms with Crippen LogP contribution in [0.15, 0.2) is 167 Å². The van der Waals surface area contributed by atoms with E-state index < -0.39 is 0 Å². The average Bonchev–Trinajstić information content (AvgIpc) is 3.63. The SMILES string of the molecule is Brc1ccc(-c2ccc3oc4ccc(-c5ccc(-c6ccc7c(c6)c6ccccc6n7-c6ccccc6)cc5)cc4c3c2)cc1. The molecule has 0 saturated carbocycles. The first-order valence-electron chi connectivity index (χ1n) is 15.1. The van der Waals surface area contributed by atoms with Crippen molar-refractivity contribution in [3.63, 3.8) is 0 Å². The van der Waals surface area contributed by atoms with Gasteiger partial charge in [-0.3, -0.25) is 0 Å². The Balaban J connectivity index is 1.09. The number of hydrogen-bond acceptors (Lipinski definition) is 1. The van der Waals surface area contributed by atoms with Crippen molar-refractivity contribution < 1.29 is 4.42 Å². The third kappa shape index (κ3) is 4.39. The summed E-state index contributed by atoms with van der Waals surface area (Å²) in [7, 11) is 0. The summed E-state index contributed by atoms with van der Waals surface area (Å²) in [6.45, 7) is 0. The van der Waals surface area contributed by atoms with Gasteiger partial charge < -0.3 is 8.98 Å². The molecular weight excluding hydrogens is 614 g/mol. The molecule has 212 valence electrons. The molecule has 0 aliphatic rings. The van der Waals surface area contributed by atoms with E-state index >= 15 is 0 Å². The van der Waals surface area contributed by atoms with Crippen LogP contribution in [0.5, 0.6) is 0 Å². The third-order valence-corrected chi connectivity index (χ3v) is 9.41. The van der Waals surface area contributed by atoms with Gasteiger partial charge in [0.25, 0.3) is 0 Å². The van der Waals surface area contributed by atoms with E-state index in [-0.39, 0.29) is 0 Å². The number of hydrogen-bond donors (Lipinski definition) is 0. The lowest BCUT2D eigenvalue weighted by atomic mass is 9.97. The van der Waals surface area contributed by atoms with E-state index in [0.29, 0.717) is 0 Å². The van der Waals surface area contributed by atoms with Crippen molar-refractivity contribution in [3.8, 4) is 39.1 Å². The van der Waals surface area contributed by atoms with E-state index in [9.17, 15) is 0 Å². The topological polar surface area (TPSA) is 18.1 Å². The Bertz CT molecular complexity index is 2520. The molecule has 2 nitrogen and oxygen atoms in total. The second kappa shape index (κ2) is 10.4. The van der Waals surface area contributed by atoms with Crippen LogP contribution in [0, 0.1) is 0 Å². The summed E-state index contributed by atoms with van der Waals surface area (Å²) < 4.78 is 9.65. The zero-order chi connectivity index (χ0) is 29.9. The first-order valence-corrected chi connectivity index (χ1v) is 15.9. The van der Waals surface area contributed by atoms with E-state index in [2.05, 4.69) is 178 Å². The average molecular weight is 641 g/mol. The normalized spacial score (nSPS) is 11.7. The molecule has 0 saturated heterocycles. The molecule has 0 radical (unpaired) electrons. The lowest BCUT2D eigenvalue weighted by Gasteiger charge is -2.08. The van der Waals surface area contributed by atoms with Crippen molar-refractivity contribution in [2.45, 2.75) is 0 Å². The molecule has 9 rings (SSSR count). The first kappa shape index (κ1) is 26.1. The number of furan rings is 1. The van der Waals surface area contributed by atoms with Crippen molar-refractivity contribution in [2.75, 3.05) is 0 Å². The molecule has 0 aliphatic heterocycles. The van der Waals surface area contributed by atoms with Gasteiger partial charge in [-0.15, -0.1) is 0 Å². The predicted octanol–water partition coefficient (Wildman–Crippen LogP) is 12.4. The van der Waals surface area contributed by atoms with Gasteiger partial charge in [0.1, 0.15) is 11.2 Å². The summed E-state index contributed by atoms with van der Waals surface area (Å²) in [6, 6.07) is 56.4. The highest BCUT2D eigenvalue weighted by molar-refractivity contribution is 9.10. The minimum absolute atomic E-state index is 0.904. The quantitative estimate of drug-likeness (QED) is 0.187. The van der Waals surface area contributed by atoms with Gasteiger partial charge in [-0.2, -0.15) is 0 Å². The van der Waals surface area contributed by atoms with Gasteiger partial charge in [0.05, 0.1) is 11.0 Å². The molecule has 0 amide bonds. The fourth-order valence-electron chi connectivity index (χ4n) is 6.64. The van der Waals surface area contributed by atoms with Crippen LogP contribution in [-0.2, 0) is 0 Å². The van der Waals surface area contributed by atoms with Crippen LogP contribution in [0.4, 0.5) is 0 Å². The fraction of sp³-hybridized carbons (Fsp3) is 0. The standard InChI is InChI=1S/C42H26BrNO/c43-33-19-14-29(15-20-33)32-18-23-42-38(26-32)37-25-31(17-22-41(37)45-42)28-12-10-27(11-13-28)30-16-21-40-36(24-30)35-8-4-5-9-39(35)44(40)34-6-2-1-3-7-34/h1-26H. The highest BCUT2D eigenvalue weighted by Gasteiger charge is 2.14.